The Morgan fingerprint density at radius 3 is 2.82 bits per heavy atom. The molecule has 0 saturated heterocycles. The summed E-state index contributed by atoms with van der Waals surface area (Å²) in [6.45, 7) is 0.194. The number of hydrogen-bond donors (Lipinski definition) is 1. The third-order valence-corrected chi connectivity index (χ3v) is 4.13. The first-order chi connectivity index (χ1) is 10.5. The van der Waals surface area contributed by atoms with E-state index in [-0.39, 0.29) is 39.4 Å². The number of fused-ring (bicyclic) bond motifs is 1. The van der Waals surface area contributed by atoms with Crippen LogP contribution in [0.4, 0.5) is 4.39 Å². The highest BCUT2D eigenvalue weighted by atomic mass is 35.5. The molecular weight excluding hydrogens is 328 g/mol. The summed E-state index contributed by atoms with van der Waals surface area (Å²) in [7, 11) is 0. The highest BCUT2D eigenvalue weighted by Gasteiger charge is 2.21. The average Bonchev–Trinajstić information content (AvgIpc) is 2.74. The number of aromatic nitrogens is 2. The van der Waals surface area contributed by atoms with Gasteiger partial charge in [0, 0.05) is 6.54 Å². The summed E-state index contributed by atoms with van der Waals surface area (Å²) in [5, 5.41) is 19.7. The van der Waals surface area contributed by atoms with E-state index < -0.39 is 0 Å². The average molecular weight is 336 g/mol. The van der Waals surface area contributed by atoms with Crippen LogP contribution in [0.15, 0.2) is 30.5 Å². The lowest BCUT2D eigenvalue weighted by molar-refractivity contribution is 0.479. The second-order valence-electron chi connectivity index (χ2n) is 4.65. The molecule has 22 heavy (non-hydrogen) atoms. The van der Waals surface area contributed by atoms with E-state index in [1.54, 1.807) is 12.1 Å². The van der Waals surface area contributed by atoms with Gasteiger partial charge >= 0.3 is 0 Å². The van der Waals surface area contributed by atoms with Gasteiger partial charge in [-0.1, -0.05) is 35.3 Å². The fraction of sp³-hybridized carbons (Fsp3) is 0.0667. The summed E-state index contributed by atoms with van der Waals surface area (Å²) in [6.07, 6.45) is 1.15. The monoisotopic (exact) mass is 335 g/mol. The summed E-state index contributed by atoms with van der Waals surface area (Å²) in [5.41, 5.74) is 1.04. The maximum Gasteiger partial charge on any atom is 0.165 e. The van der Waals surface area contributed by atoms with Gasteiger partial charge in [0.15, 0.2) is 5.69 Å². The molecule has 4 nitrogen and oxygen atoms in total. The Labute approximate surface area is 134 Å². The van der Waals surface area contributed by atoms with Gasteiger partial charge in [0.2, 0.25) is 0 Å². The standard InChI is InChI=1S/C15H8Cl2FN3O/c16-13-12-11(22)6-20-10(5-19)14(12)21(15(13)17)7-8-2-1-3-9(18)4-8/h1-4,6,22H,7H2. The Kier molecular flexibility index (Phi) is 3.65. The van der Waals surface area contributed by atoms with Gasteiger partial charge in [-0.25, -0.2) is 9.37 Å². The highest BCUT2D eigenvalue weighted by Crippen LogP contribution is 2.40. The summed E-state index contributed by atoms with van der Waals surface area (Å²) < 4.78 is 14.9. The topological polar surface area (TPSA) is 61.8 Å². The Bertz CT molecular complexity index is 931. The van der Waals surface area contributed by atoms with Crippen LogP contribution in [0.1, 0.15) is 11.3 Å². The second-order valence-corrected chi connectivity index (χ2v) is 5.38. The first kappa shape index (κ1) is 14.6. The molecule has 1 aromatic carbocycles. The Balaban J connectivity index is 2.28. The first-order valence-electron chi connectivity index (χ1n) is 6.22. The summed E-state index contributed by atoms with van der Waals surface area (Å²) in [4.78, 5) is 3.88. The van der Waals surface area contributed by atoms with Crippen LogP contribution < -0.4 is 0 Å². The van der Waals surface area contributed by atoms with Gasteiger partial charge in [0.1, 0.15) is 22.8 Å². The lowest BCUT2D eigenvalue weighted by Crippen LogP contribution is -2.02. The van der Waals surface area contributed by atoms with Gasteiger partial charge in [-0.2, -0.15) is 5.26 Å². The number of rotatable bonds is 2. The van der Waals surface area contributed by atoms with E-state index in [4.69, 9.17) is 23.2 Å². The fourth-order valence-electron chi connectivity index (χ4n) is 2.34. The van der Waals surface area contributed by atoms with E-state index in [1.807, 2.05) is 6.07 Å². The molecule has 0 aliphatic carbocycles. The van der Waals surface area contributed by atoms with E-state index in [2.05, 4.69) is 4.98 Å². The number of benzene rings is 1. The molecular formula is C15H8Cl2FN3O. The van der Waals surface area contributed by atoms with E-state index in [9.17, 15) is 14.8 Å². The molecule has 0 amide bonds. The molecule has 2 heterocycles. The van der Waals surface area contributed by atoms with Crippen molar-refractivity contribution in [1.82, 2.24) is 9.55 Å². The zero-order valence-corrected chi connectivity index (χ0v) is 12.5. The molecule has 3 aromatic rings. The fourth-order valence-corrected chi connectivity index (χ4v) is 2.87. The summed E-state index contributed by atoms with van der Waals surface area (Å²) in [5.74, 6) is -0.545. The van der Waals surface area contributed by atoms with E-state index in [0.29, 0.717) is 11.1 Å². The number of hydrogen-bond acceptors (Lipinski definition) is 3. The number of aromatic hydroxyl groups is 1. The lowest BCUT2D eigenvalue weighted by atomic mass is 10.2. The molecule has 7 heteroatoms. The maximum absolute atomic E-state index is 13.3. The number of pyridine rings is 1. The molecule has 110 valence electrons. The van der Waals surface area contributed by atoms with Crippen molar-refractivity contribution in [3.05, 3.63) is 57.7 Å². The van der Waals surface area contributed by atoms with Crippen LogP contribution in [0.25, 0.3) is 10.9 Å². The van der Waals surface area contributed by atoms with Crippen molar-refractivity contribution in [3.63, 3.8) is 0 Å². The van der Waals surface area contributed by atoms with Gasteiger partial charge in [-0.15, -0.1) is 0 Å². The minimum absolute atomic E-state index is 0.0815. The molecule has 0 unspecified atom stereocenters. The Morgan fingerprint density at radius 1 is 1.36 bits per heavy atom. The molecule has 0 aliphatic heterocycles. The largest absolute Gasteiger partial charge is 0.506 e. The van der Waals surface area contributed by atoms with Crippen molar-refractivity contribution in [1.29, 1.82) is 5.26 Å². The van der Waals surface area contributed by atoms with Gasteiger partial charge in [0.05, 0.1) is 22.1 Å². The van der Waals surface area contributed by atoms with Gasteiger partial charge in [0.25, 0.3) is 0 Å². The smallest absolute Gasteiger partial charge is 0.165 e. The normalized spacial score (nSPS) is 10.8. The minimum atomic E-state index is -0.377. The molecule has 0 saturated carbocycles. The van der Waals surface area contributed by atoms with Crippen LogP contribution >= 0.6 is 23.2 Å². The molecule has 3 rings (SSSR count). The predicted octanol–water partition coefficient (Wildman–Crippen LogP) is 4.11. The molecule has 1 N–H and O–H groups in total. The van der Waals surface area contributed by atoms with Crippen LogP contribution in [-0.2, 0) is 6.54 Å². The number of halogens is 3. The quantitative estimate of drug-likeness (QED) is 0.766. The van der Waals surface area contributed by atoms with Crippen LogP contribution in [0.3, 0.4) is 0 Å². The van der Waals surface area contributed by atoms with Crippen molar-refractivity contribution in [2.24, 2.45) is 0 Å². The lowest BCUT2D eigenvalue weighted by Gasteiger charge is -2.08. The SMILES string of the molecule is N#Cc1ncc(O)c2c(Cl)c(Cl)n(Cc3cccc(F)c3)c12. The van der Waals surface area contributed by atoms with Crippen molar-refractivity contribution >= 4 is 34.1 Å². The molecule has 0 atom stereocenters. The van der Waals surface area contributed by atoms with Crippen molar-refractivity contribution in [2.75, 3.05) is 0 Å². The van der Waals surface area contributed by atoms with Crippen LogP contribution in [0, 0.1) is 17.1 Å². The van der Waals surface area contributed by atoms with Crippen LogP contribution in [0.5, 0.6) is 5.75 Å². The molecule has 0 fully saturated rings. The molecule has 0 aliphatic rings. The number of nitrogens with zero attached hydrogens (tertiary/aromatic N) is 3. The first-order valence-corrected chi connectivity index (χ1v) is 6.98. The third-order valence-electron chi connectivity index (χ3n) is 3.28. The van der Waals surface area contributed by atoms with E-state index >= 15 is 0 Å². The van der Waals surface area contributed by atoms with Crippen molar-refractivity contribution in [3.8, 4) is 11.8 Å². The van der Waals surface area contributed by atoms with Gasteiger partial charge in [-0.05, 0) is 17.7 Å². The minimum Gasteiger partial charge on any atom is -0.506 e. The van der Waals surface area contributed by atoms with Crippen LogP contribution in [0.2, 0.25) is 10.2 Å². The highest BCUT2D eigenvalue weighted by molar-refractivity contribution is 6.45. The van der Waals surface area contributed by atoms with Gasteiger partial charge < -0.3 is 9.67 Å². The Morgan fingerprint density at radius 2 is 2.14 bits per heavy atom. The maximum atomic E-state index is 13.3. The molecule has 0 spiro atoms. The number of nitriles is 1. The summed E-state index contributed by atoms with van der Waals surface area (Å²) in [6, 6.07) is 7.93. The Hall–Kier alpha value is -2.29. The van der Waals surface area contributed by atoms with E-state index in [0.717, 1.165) is 6.20 Å². The second kappa shape index (κ2) is 5.48. The zero-order chi connectivity index (χ0) is 15.9. The van der Waals surface area contributed by atoms with Crippen LogP contribution in [-0.4, -0.2) is 14.7 Å². The molecule has 0 bridgehead atoms. The molecule has 2 aromatic heterocycles. The van der Waals surface area contributed by atoms with Crippen molar-refractivity contribution < 1.29 is 9.50 Å². The van der Waals surface area contributed by atoms with Gasteiger partial charge in [-0.3, -0.25) is 0 Å². The molecule has 0 radical (unpaired) electrons. The third kappa shape index (κ3) is 2.27. The van der Waals surface area contributed by atoms with Crippen molar-refractivity contribution in [2.45, 2.75) is 6.54 Å². The summed E-state index contributed by atoms with van der Waals surface area (Å²) >= 11 is 12.4. The van der Waals surface area contributed by atoms with E-state index in [1.165, 1.54) is 16.7 Å². The predicted molar refractivity (Wildman–Crippen MR) is 81.6 cm³/mol. The zero-order valence-electron chi connectivity index (χ0n) is 11.0.